The minimum Gasteiger partial charge on any atom is -0.507 e. The lowest BCUT2D eigenvalue weighted by Gasteiger charge is -2.04. The summed E-state index contributed by atoms with van der Waals surface area (Å²) >= 11 is 5.83. The van der Waals surface area contributed by atoms with E-state index >= 15 is 0 Å². The average Bonchev–Trinajstić information content (AvgIpc) is 3.07. The standard InChI is InChI=1S/C20H12I2N2O2S/c21-12-7-11(19(26)15(22)8-12)10-23-13-5-6-14(17(25)9-13)20-24-16-3-1-2-4-18(16)27-20/h1-10,25-26H. The highest BCUT2D eigenvalue weighted by Crippen LogP contribution is 2.37. The third kappa shape index (κ3) is 3.94. The smallest absolute Gasteiger partial charge is 0.137 e. The average molecular weight is 598 g/mol. The van der Waals surface area contributed by atoms with Crippen molar-refractivity contribution in [2.75, 3.05) is 0 Å². The van der Waals surface area contributed by atoms with Crippen LogP contribution in [0.4, 0.5) is 5.69 Å². The van der Waals surface area contributed by atoms with Crippen LogP contribution in [0.2, 0.25) is 0 Å². The Kier molecular flexibility index (Phi) is 5.33. The van der Waals surface area contributed by atoms with Crippen molar-refractivity contribution >= 4 is 78.6 Å². The zero-order valence-electron chi connectivity index (χ0n) is 13.7. The second kappa shape index (κ2) is 7.72. The van der Waals surface area contributed by atoms with Gasteiger partial charge in [-0.1, -0.05) is 12.1 Å². The van der Waals surface area contributed by atoms with E-state index in [0.717, 1.165) is 22.4 Å². The highest BCUT2D eigenvalue weighted by Gasteiger charge is 2.11. The molecule has 134 valence electrons. The lowest BCUT2D eigenvalue weighted by atomic mass is 10.2. The van der Waals surface area contributed by atoms with Crippen molar-refractivity contribution in [3.8, 4) is 22.1 Å². The van der Waals surface area contributed by atoms with Gasteiger partial charge in [0.25, 0.3) is 0 Å². The molecule has 0 saturated heterocycles. The molecule has 1 aromatic heterocycles. The maximum absolute atomic E-state index is 10.5. The Bertz CT molecular complexity index is 1160. The third-order valence-electron chi connectivity index (χ3n) is 3.92. The number of fused-ring (bicyclic) bond motifs is 1. The number of aromatic hydroxyl groups is 2. The summed E-state index contributed by atoms with van der Waals surface area (Å²) in [5.74, 6) is 0.334. The Balaban J connectivity index is 1.66. The van der Waals surface area contributed by atoms with Gasteiger partial charge in [-0.15, -0.1) is 11.3 Å². The van der Waals surface area contributed by atoms with E-state index in [1.54, 1.807) is 23.6 Å². The van der Waals surface area contributed by atoms with Crippen molar-refractivity contribution in [2.24, 2.45) is 4.99 Å². The molecule has 0 aliphatic carbocycles. The van der Waals surface area contributed by atoms with Gasteiger partial charge in [0, 0.05) is 21.4 Å². The summed E-state index contributed by atoms with van der Waals surface area (Å²) in [6.07, 6.45) is 1.60. The quantitative estimate of drug-likeness (QED) is 0.214. The Morgan fingerprint density at radius 1 is 1.00 bits per heavy atom. The fourth-order valence-corrected chi connectivity index (χ4v) is 5.49. The number of hydrogen-bond donors (Lipinski definition) is 2. The van der Waals surface area contributed by atoms with Crippen molar-refractivity contribution < 1.29 is 10.2 Å². The van der Waals surface area contributed by atoms with Crippen LogP contribution in [0.15, 0.2) is 59.6 Å². The van der Waals surface area contributed by atoms with Crippen LogP contribution < -0.4 is 0 Å². The summed E-state index contributed by atoms with van der Waals surface area (Å²) in [5, 5.41) is 21.4. The molecule has 4 aromatic rings. The van der Waals surface area contributed by atoms with Gasteiger partial charge < -0.3 is 10.2 Å². The van der Waals surface area contributed by atoms with Crippen LogP contribution in [0.3, 0.4) is 0 Å². The molecule has 7 heteroatoms. The van der Waals surface area contributed by atoms with Gasteiger partial charge in [0.15, 0.2) is 0 Å². The summed E-state index contributed by atoms with van der Waals surface area (Å²) in [6.45, 7) is 0. The van der Waals surface area contributed by atoms with E-state index in [2.05, 4.69) is 55.2 Å². The van der Waals surface area contributed by atoms with Crippen molar-refractivity contribution in [3.63, 3.8) is 0 Å². The molecule has 0 saturated carbocycles. The maximum atomic E-state index is 10.5. The molecule has 0 aliphatic rings. The fraction of sp³-hybridized carbons (Fsp3) is 0. The van der Waals surface area contributed by atoms with Gasteiger partial charge in [-0.3, -0.25) is 4.99 Å². The minimum absolute atomic E-state index is 0.130. The summed E-state index contributed by atoms with van der Waals surface area (Å²) in [5.41, 5.74) is 2.84. The van der Waals surface area contributed by atoms with Crippen LogP contribution in [0, 0.1) is 7.14 Å². The molecule has 4 rings (SSSR count). The first kappa shape index (κ1) is 18.6. The number of aromatic nitrogens is 1. The number of aliphatic imine (C=N–C) groups is 1. The Labute approximate surface area is 186 Å². The molecule has 3 aromatic carbocycles. The molecule has 2 N–H and O–H groups in total. The highest BCUT2D eigenvalue weighted by atomic mass is 127. The molecule has 0 atom stereocenters. The zero-order chi connectivity index (χ0) is 19.0. The summed E-state index contributed by atoms with van der Waals surface area (Å²) in [4.78, 5) is 8.97. The zero-order valence-corrected chi connectivity index (χ0v) is 18.9. The van der Waals surface area contributed by atoms with E-state index in [9.17, 15) is 10.2 Å². The van der Waals surface area contributed by atoms with Crippen LogP contribution in [0.25, 0.3) is 20.8 Å². The van der Waals surface area contributed by atoms with Gasteiger partial charge in [-0.25, -0.2) is 4.98 Å². The first-order valence-electron chi connectivity index (χ1n) is 7.92. The molecule has 0 bridgehead atoms. The van der Waals surface area contributed by atoms with Gasteiger partial charge in [0.05, 0.1) is 25.0 Å². The van der Waals surface area contributed by atoms with Crippen molar-refractivity contribution in [3.05, 3.63) is 67.3 Å². The molecular formula is C20H12I2N2O2S. The number of para-hydroxylation sites is 1. The number of rotatable bonds is 3. The summed E-state index contributed by atoms with van der Waals surface area (Å²) < 4.78 is 2.87. The SMILES string of the molecule is Oc1cc(N=Cc2cc(I)cc(I)c2O)ccc1-c1nc2ccccc2s1. The Morgan fingerprint density at radius 3 is 2.59 bits per heavy atom. The van der Waals surface area contributed by atoms with E-state index in [4.69, 9.17) is 0 Å². The molecule has 0 amide bonds. The molecule has 27 heavy (non-hydrogen) atoms. The largest absolute Gasteiger partial charge is 0.507 e. The van der Waals surface area contributed by atoms with Crippen molar-refractivity contribution in [2.45, 2.75) is 0 Å². The Hall–Kier alpha value is -1.72. The van der Waals surface area contributed by atoms with E-state index in [0.29, 0.717) is 16.8 Å². The van der Waals surface area contributed by atoms with Crippen LogP contribution in [-0.4, -0.2) is 21.4 Å². The predicted molar refractivity (Wildman–Crippen MR) is 128 cm³/mol. The monoisotopic (exact) mass is 598 g/mol. The summed E-state index contributed by atoms with van der Waals surface area (Å²) in [6, 6.07) is 16.9. The molecular weight excluding hydrogens is 586 g/mol. The van der Waals surface area contributed by atoms with E-state index in [1.165, 1.54) is 0 Å². The lowest BCUT2D eigenvalue weighted by Crippen LogP contribution is -1.87. The number of benzene rings is 3. The number of hydrogen-bond acceptors (Lipinski definition) is 5. The molecule has 0 aliphatic heterocycles. The van der Waals surface area contributed by atoms with Crippen LogP contribution >= 0.6 is 56.5 Å². The van der Waals surface area contributed by atoms with E-state index < -0.39 is 0 Å². The fourth-order valence-electron chi connectivity index (χ4n) is 2.60. The molecule has 0 fully saturated rings. The molecule has 0 radical (unpaired) electrons. The van der Waals surface area contributed by atoms with Crippen LogP contribution in [-0.2, 0) is 0 Å². The Morgan fingerprint density at radius 2 is 1.81 bits per heavy atom. The molecule has 1 heterocycles. The van der Waals surface area contributed by atoms with Gasteiger partial charge in [0.1, 0.15) is 16.5 Å². The summed E-state index contributed by atoms with van der Waals surface area (Å²) in [7, 11) is 0. The van der Waals surface area contributed by atoms with Crippen LogP contribution in [0.1, 0.15) is 5.56 Å². The van der Waals surface area contributed by atoms with Gasteiger partial charge >= 0.3 is 0 Å². The topological polar surface area (TPSA) is 65.7 Å². The number of nitrogens with zero attached hydrogens (tertiary/aromatic N) is 2. The molecule has 4 nitrogen and oxygen atoms in total. The lowest BCUT2D eigenvalue weighted by molar-refractivity contribution is 0.470. The predicted octanol–water partition coefficient (Wildman–Crippen LogP) is 6.33. The second-order valence-electron chi connectivity index (χ2n) is 5.77. The number of thiazole rings is 1. The highest BCUT2D eigenvalue weighted by molar-refractivity contribution is 14.1. The molecule has 0 spiro atoms. The van der Waals surface area contributed by atoms with Crippen molar-refractivity contribution in [1.29, 1.82) is 0 Å². The number of halogens is 2. The number of phenols is 2. The number of phenolic OH excluding ortho intramolecular Hbond substituents is 2. The normalized spacial score (nSPS) is 11.5. The first-order valence-corrected chi connectivity index (χ1v) is 10.9. The van der Waals surface area contributed by atoms with Crippen LogP contribution in [0.5, 0.6) is 11.5 Å². The van der Waals surface area contributed by atoms with Gasteiger partial charge in [0.2, 0.25) is 0 Å². The van der Waals surface area contributed by atoms with Gasteiger partial charge in [-0.2, -0.15) is 0 Å². The first-order chi connectivity index (χ1) is 13.0. The third-order valence-corrected chi connectivity index (χ3v) is 6.43. The van der Waals surface area contributed by atoms with Crippen molar-refractivity contribution in [1.82, 2.24) is 4.98 Å². The van der Waals surface area contributed by atoms with Gasteiger partial charge in [-0.05, 0) is 81.6 Å². The maximum Gasteiger partial charge on any atom is 0.137 e. The van der Waals surface area contributed by atoms with E-state index in [-0.39, 0.29) is 11.5 Å². The minimum atomic E-state index is 0.130. The molecule has 0 unspecified atom stereocenters. The van der Waals surface area contributed by atoms with E-state index in [1.807, 2.05) is 48.5 Å². The second-order valence-corrected chi connectivity index (χ2v) is 9.21.